The summed E-state index contributed by atoms with van der Waals surface area (Å²) in [5.74, 6) is 0. The summed E-state index contributed by atoms with van der Waals surface area (Å²) in [5, 5.41) is 0. The first-order valence-corrected chi connectivity index (χ1v) is 4.16. The zero-order chi connectivity index (χ0) is 8.74. The van der Waals surface area contributed by atoms with Crippen LogP contribution in [-0.4, -0.2) is 31.7 Å². The second-order valence-electron chi connectivity index (χ2n) is 3.44. The van der Waals surface area contributed by atoms with Gasteiger partial charge in [0, 0.05) is 0 Å². The maximum Gasteiger partial charge on any atom is 0.0971 e. The molecule has 0 fully saturated rings. The van der Waals surface area contributed by atoms with Gasteiger partial charge < -0.3 is 16.9 Å². The van der Waals surface area contributed by atoms with Gasteiger partial charge in [-0.25, -0.2) is 0 Å². The van der Waals surface area contributed by atoms with Gasteiger partial charge in [-0.3, -0.25) is 0 Å². The van der Waals surface area contributed by atoms with Crippen LogP contribution in [0.25, 0.3) is 0 Å². The lowest BCUT2D eigenvalue weighted by molar-refractivity contribution is -0.878. The van der Waals surface area contributed by atoms with Crippen LogP contribution in [0.2, 0.25) is 0 Å². The number of likely N-dealkylation sites (N-methyl/N-ethyl adjacent to an activating group) is 1. The van der Waals surface area contributed by atoms with Gasteiger partial charge in [-0.15, -0.1) is 0 Å². The molecular weight excluding hydrogens is 170 g/mol. The highest BCUT2D eigenvalue weighted by atomic mass is 35.5. The van der Waals surface area contributed by atoms with Crippen molar-refractivity contribution in [3.05, 3.63) is 24.3 Å². The van der Waals surface area contributed by atoms with Gasteiger partial charge in [-0.2, -0.15) is 0 Å². The van der Waals surface area contributed by atoms with E-state index in [-0.39, 0.29) is 12.4 Å². The Labute approximate surface area is 82.8 Å². The Morgan fingerprint density at radius 2 is 1.25 bits per heavy atom. The molecule has 0 radical (unpaired) electrons. The molecule has 0 spiro atoms. The predicted molar refractivity (Wildman–Crippen MR) is 51.5 cm³/mol. The van der Waals surface area contributed by atoms with Crippen LogP contribution in [0, 0.1) is 0 Å². The van der Waals surface area contributed by atoms with E-state index < -0.39 is 0 Å². The van der Waals surface area contributed by atoms with Crippen LogP contribution in [0.5, 0.6) is 0 Å². The predicted octanol–water partition coefficient (Wildman–Crippen LogP) is -0.781. The Morgan fingerprint density at radius 1 is 0.917 bits per heavy atom. The molecule has 0 bridgehead atoms. The van der Waals surface area contributed by atoms with Gasteiger partial charge in [0.05, 0.1) is 27.2 Å². The minimum atomic E-state index is 0. The first-order chi connectivity index (χ1) is 5.12. The van der Waals surface area contributed by atoms with Crippen LogP contribution in [-0.2, 0) is 0 Å². The number of hydrogen-bond donors (Lipinski definition) is 0. The highest BCUT2D eigenvalue weighted by Crippen LogP contribution is 1.97. The summed E-state index contributed by atoms with van der Waals surface area (Å²) in [6.07, 6.45) is 8.64. The molecule has 0 saturated carbocycles. The summed E-state index contributed by atoms with van der Waals surface area (Å²) in [7, 11) is 4.47. The van der Waals surface area contributed by atoms with E-state index in [9.17, 15) is 0 Å². The molecule has 0 aliphatic rings. The molecule has 0 aliphatic heterocycles. The van der Waals surface area contributed by atoms with E-state index in [4.69, 9.17) is 0 Å². The molecule has 72 valence electrons. The molecule has 0 aliphatic carbocycles. The van der Waals surface area contributed by atoms with E-state index in [0.717, 1.165) is 17.6 Å². The molecule has 0 saturated heterocycles. The summed E-state index contributed by atoms with van der Waals surface area (Å²) in [5.41, 5.74) is 0. The van der Waals surface area contributed by atoms with Crippen LogP contribution in [0.1, 0.15) is 13.8 Å². The van der Waals surface area contributed by atoms with Gasteiger partial charge in [0.2, 0.25) is 0 Å². The SMILES string of the molecule is CC=CC[N+](C)(C)CC=CC.[Cl-]. The van der Waals surface area contributed by atoms with Crippen LogP contribution in [0.4, 0.5) is 0 Å². The summed E-state index contributed by atoms with van der Waals surface area (Å²) in [6.45, 7) is 6.35. The van der Waals surface area contributed by atoms with Gasteiger partial charge in [-0.1, -0.05) is 12.2 Å². The maximum absolute atomic E-state index is 2.24. The minimum absolute atomic E-state index is 0. The van der Waals surface area contributed by atoms with Crippen molar-refractivity contribution in [2.24, 2.45) is 0 Å². The number of rotatable bonds is 4. The average Bonchev–Trinajstić information content (AvgIpc) is 1.97. The van der Waals surface area contributed by atoms with Crippen molar-refractivity contribution in [3.8, 4) is 0 Å². The minimum Gasteiger partial charge on any atom is -1.00 e. The second kappa shape index (κ2) is 7.38. The molecule has 0 aromatic rings. The number of allylic oxidation sites excluding steroid dienone is 2. The van der Waals surface area contributed by atoms with E-state index >= 15 is 0 Å². The number of hydrogen-bond acceptors (Lipinski definition) is 0. The molecule has 0 amide bonds. The third kappa shape index (κ3) is 7.83. The van der Waals surface area contributed by atoms with Crippen LogP contribution in [0.15, 0.2) is 24.3 Å². The Balaban J connectivity index is 0. The first-order valence-electron chi connectivity index (χ1n) is 4.16. The summed E-state index contributed by atoms with van der Waals surface area (Å²) in [4.78, 5) is 0. The molecule has 0 aromatic heterocycles. The van der Waals surface area contributed by atoms with Crippen molar-refractivity contribution in [2.75, 3.05) is 27.2 Å². The molecule has 12 heavy (non-hydrogen) atoms. The maximum atomic E-state index is 2.24. The molecule has 0 atom stereocenters. The fourth-order valence-electron chi connectivity index (χ4n) is 0.856. The first kappa shape index (κ1) is 14.3. The zero-order valence-corrected chi connectivity index (χ0v) is 9.30. The fraction of sp³-hybridized carbons (Fsp3) is 0.600. The highest BCUT2D eigenvalue weighted by Gasteiger charge is 2.08. The molecule has 0 heterocycles. The fourth-order valence-corrected chi connectivity index (χ4v) is 0.856. The lowest BCUT2D eigenvalue weighted by atomic mass is 10.4. The van der Waals surface area contributed by atoms with E-state index in [1.807, 2.05) is 0 Å². The van der Waals surface area contributed by atoms with Gasteiger partial charge in [0.15, 0.2) is 0 Å². The molecule has 0 aromatic carbocycles. The van der Waals surface area contributed by atoms with Gasteiger partial charge >= 0.3 is 0 Å². The van der Waals surface area contributed by atoms with Crippen molar-refractivity contribution in [1.29, 1.82) is 0 Å². The van der Waals surface area contributed by atoms with E-state index in [0.29, 0.717) is 0 Å². The van der Waals surface area contributed by atoms with E-state index in [2.05, 4.69) is 52.2 Å². The number of quaternary nitrogens is 1. The molecule has 0 rings (SSSR count). The Kier molecular flexibility index (Phi) is 8.78. The smallest absolute Gasteiger partial charge is 0.0971 e. The van der Waals surface area contributed by atoms with E-state index in [1.54, 1.807) is 0 Å². The highest BCUT2D eigenvalue weighted by molar-refractivity contribution is 4.79. The quantitative estimate of drug-likeness (QED) is 0.402. The lowest BCUT2D eigenvalue weighted by Crippen LogP contribution is -3.00. The molecule has 0 N–H and O–H groups in total. The monoisotopic (exact) mass is 189 g/mol. The largest absolute Gasteiger partial charge is 1.00 e. The lowest BCUT2D eigenvalue weighted by Gasteiger charge is -2.26. The standard InChI is InChI=1S/C10H20N.ClH/c1-5-7-9-11(3,4)10-8-6-2;/h5-8H,9-10H2,1-4H3;1H/q+1;/p-1. The third-order valence-corrected chi connectivity index (χ3v) is 1.67. The van der Waals surface area contributed by atoms with Crippen molar-refractivity contribution in [2.45, 2.75) is 13.8 Å². The topological polar surface area (TPSA) is 0 Å². The Morgan fingerprint density at radius 3 is 1.50 bits per heavy atom. The Bertz CT molecular complexity index is 132. The van der Waals surface area contributed by atoms with Crippen LogP contribution in [0.3, 0.4) is 0 Å². The van der Waals surface area contributed by atoms with Crippen LogP contribution < -0.4 is 12.4 Å². The normalized spacial score (nSPS) is 12.3. The van der Waals surface area contributed by atoms with Crippen molar-refractivity contribution in [1.82, 2.24) is 0 Å². The van der Waals surface area contributed by atoms with E-state index in [1.165, 1.54) is 0 Å². The molecule has 0 unspecified atom stereocenters. The third-order valence-electron chi connectivity index (χ3n) is 1.67. The van der Waals surface area contributed by atoms with Gasteiger partial charge in [-0.05, 0) is 26.0 Å². The molecule has 1 nitrogen and oxygen atoms in total. The number of halogens is 1. The van der Waals surface area contributed by atoms with Crippen molar-refractivity contribution >= 4 is 0 Å². The summed E-state index contributed by atoms with van der Waals surface area (Å²) >= 11 is 0. The second-order valence-corrected chi connectivity index (χ2v) is 3.44. The van der Waals surface area contributed by atoms with Gasteiger partial charge in [0.1, 0.15) is 0 Å². The van der Waals surface area contributed by atoms with Crippen molar-refractivity contribution < 1.29 is 16.9 Å². The number of nitrogens with zero attached hydrogens (tertiary/aromatic N) is 1. The summed E-state index contributed by atoms with van der Waals surface area (Å²) < 4.78 is 1.04. The van der Waals surface area contributed by atoms with Crippen molar-refractivity contribution in [3.63, 3.8) is 0 Å². The molecule has 2 heteroatoms. The van der Waals surface area contributed by atoms with Gasteiger partial charge in [0.25, 0.3) is 0 Å². The summed E-state index contributed by atoms with van der Waals surface area (Å²) in [6, 6.07) is 0. The van der Waals surface area contributed by atoms with Crippen LogP contribution >= 0.6 is 0 Å². The molecular formula is C10H20ClN. The average molecular weight is 190 g/mol. The Hall–Kier alpha value is -0.270. The zero-order valence-electron chi connectivity index (χ0n) is 8.55.